The molecule has 0 radical (unpaired) electrons. The van der Waals surface area contributed by atoms with Crippen molar-refractivity contribution in [2.45, 2.75) is 17.7 Å². The van der Waals surface area contributed by atoms with Gasteiger partial charge in [-0.25, -0.2) is 17.9 Å². The van der Waals surface area contributed by atoms with Crippen molar-refractivity contribution in [3.05, 3.63) is 65.5 Å². The number of carbonyl (C=O) groups excluding carboxylic acids is 2. The van der Waals surface area contributed by atoms with E-state index < -0.39 is 10.0 Å². The predicted octanol–water partition coefficient (Wildman–Crippen LogP) is 2.21. The van der Waals surface area contributed by atoms with Gasteiger partial charge in [-0.05, 0) is 61.4 Å². The Morgan fingerprint density at radius 1 is 0.926 bits per heavy atom. The van der Waals surface area contributed by atoms with Crippen LogP contribution in [0.4, 0.5) is 4.39 Å². The van der Waals surface area contributed by atoms with E-state index in [1.54, 1.807) is 4.90 Å². The summed E-state index contributed by atoms with van der Waals surface area (Å²) >= 11 is 0. The number of hydrogen-bond acceptors (Lipinski definition) is 4. The van der Waals surface area contributed by atoms with E-state index in [9.17, 15) is 22.4 Å². The first-order valence-electron chi connectivity index (χ1n) is 8.47. The van der Waals surface area contributed by atoms with E-state index in [4.69, 9.17) is 5.14 Å². The number of primary sulfonamides is 1. The summed E-state index contributed by atoms with van der Waals surface area (Å²) in [7, 11) is -3.80. The van der Waals surface area contributed by atoms with Crippen LogP contribution in [-0.2, 0) is 10.0 Å². The molecule has 6 nitrogen and oxygen atoms in total. The van der Waals surface area contributed by atoms with Crippen LogP contribution in [0.3, 0.4) is 0 Å². The Hall–Kier alpha value is -2.58. The maximum atomic E-state index is 13.0. The normalized spacial score (nSPS) is 15.6. The number of rotatable bonds is 4. The molecule has 1 amide bonds. The van der Waals surface area contributed by atoms with Crippen LogP contribution in [0, 0.1) is 11.7 Å². The van der Waals surface area contributed by atoms with Gasteiger partial charge in [-0.1, -0.05) is 0 Å². The highest BCUT2D eigenvalue weighted by molar-refractivity contribution is 7.89. The van der Waals surface area contributed by atoms with E-state index in [2.05, 4.69) is 0 Å². The molecule has 1 saturated heterocycles. The zero-order valence-electron chi connectivity index (χ0n) is 14.5. The van der Waals surface area contributed by atoms with Crippen LogP contribution < -0.4 is 5.14 Å². The minimum absolute atomic E-state index is 0.0420. The number of amides is 1. The number of hydrogen-bond donors (Lipinski definition) is 1. The van der Waals surface area contributed by atoms with Crippen LogP contribution in [0.25, 0.3) is 0 Å². The minimum Gasteiger partial charge on any atom is -0.339 e. The first-order chi connectivity index (χ1) is 12.8. The van der Waals surface area contributed by atoms with Gasteiger partial charge in [0.2, 0.25) is 10.0 Å². The van der Waals surface area contributed by atoms with Crippen LogP contribution >= 0.6 is 0 Å². The Balaban J connectivity index is 1.62. The average molecular weight is 390 g/mol. The highest BCUT2D eigenvalue weighted by Gasteiger charge is 2.28. The zero-order valence-corrected chi connectivity index (χ0v) is 15.3. The largest absolute Gasteiger partial charge is 0.339 e. The monoisotopic (exact) mass is 390 g/mol. The van der Waals surface area contributed by atoms with E-state index >= 15 is 0 Å². The summed E-state index contributed by atoms with van der Waals surface area (Å²) in [4.78, 5) is 26.6. The van der Waals surface area contributed by atoms with Gasteiger partial charge < -0.3 is 4.90 Å². The van der Waals surface area contributed by atoms with Crippen molar-refractivity contribution in [3.8, 4) is 0 Å². The van der Waals surface area contributed by atoms with Gasteiger partial charge in [-0.15, -0.1) is 0 Å². The van der Waals surface area contributed by atoms with Gasteiger partial charge in [-0.3, -0.25) is 9.59 Å². The van der Waals surface area contributed by atoms with Gasteiger partial charge in [0.25, 0.3) is 5.91 Å². The van der Waals surface area contributed by atoms with Crippen LogP contribution in [0.2, 0.25) is 0 Å². The van der Waals surface area contributed by atoms with E-state index in [1.165, 1.54) is 48.5 Å². The number of nitrogens with two attached hydrogens (primary N) is 1. The topological polar surface area (TPSA) is 97.5 Å². The van der Waals surface area contributed by atoms with Crippen molar-refractivity contribution in [2.24, 2.45) is 11.1 Å². The summed E-state index contributed by atoms with van der Waals surface area (Å²) in [5.74, 6) is -0.854. The Labute approximate surface area is 156 Å². The molecule has 1 aliphatic heterocycles. The third kappa shape index (κ3) is 4.40. The number of carbonyl (C=O) groups is 2. The lowest BCUT2D eigenvalue weighted by Crippen LogP contribution is -2.40. The molecule has 0 atom stereocenters. The van der Waals surface area contributed by atoms with Gasteiger partial charge >= 0.3 is 0 Å². The SMILES string of the molecule is NS(=O)(=O)c1ccc(C(=O)N2CCC(C(=O)c3ccc(F)cc3)CC2)cc1. The lowest BCUT2D eigenvalue weighted by atomic mass is 9.88. The second kappa shape index (κ2) is 7.58. The second-order valence-corrected chi connectivity index (χ2v) is 8.07. The Bertz CT molecular complexity index is 948. The second-order valence-electron chi connectivity index (χ2n) is 6.51. The molecule has 1 aliphatic rings. The quantitative estimate of drug-likeness (QED) is 0.810. The van der Waals surface area contributed by atoms with Gasteiger partial charge in [0.15, 0.2) is 5.78 Å². The van der Waals surface area contributed by atoms with Crippen molar-refractivity contribution < 1.29 is 22.4 Å². The summed E-state index contributed by atoms with van der Waals surface area (Å²) in [5.41, 5.74) is 0.838. The molecule has 27 heavy (non-hydrogen) atoms. The van der Waals surface area contributed by atoms with Crippen LogP contribution in [-0.4, -0.2) is 38.1 Å². The van der Waals surface area contributed by atoms with Crippen molar-refractivity contribution in [1.82, 2.24) is 4.90 Å². The van der Waals surface area contributed by atoms with Gasteiger partial charge in [-0.2, -0.15) is 0 Å². The van der Waals surface area contributed by atoms with Crippen molar-refractivity contribution in [3.63, 3.8) is 0 Å². The molecule has 0 saturated carbocycles. The van der Waals surface area contributed by atoms with Gasteiger partial charge in [0, 0.05) is 30.1 Å². The van der Waals surface area contributed by atoms with E-state index in [0.29, 0.717) is 37.1 Å². The summed E-state index contributed by atoms with van der Waals surface area (Å²) < 4.78 is 35.5. The maximum absolute atomic E-state index is 13.0. The van der Waals surface area contributed by atoms with Crippen molar-refractivity contribution in [2.75, 3.05) is 13.1 Å². The highest BCUT2D eigenvalue weighted by Crippen LogP contribution is 2.23. The van der Waals surface area contributed by atoms with Gasteiger partial charge in [0.1, 0.15) is 5.82 Å². The molecule has 0 unspecified atom stereocenters. The standard InChI is InChI=1S/C19H19FN2O4S/c20-16-5-1-13(2-6-16)18(23)14-9-11-22(12-10-14)19(24)15-3-7-17(8-4-15)27(21,25)26/h1-8,14H,9-12H2,(H2,21,25,26). The molecule has 2 aromatic rings. The fourth-order valence-corrected chi connectivity index (χ4v) is 3.68. The number of halogens is 1. The summed E-state index contributed by atoms with van der Waals surface area (Å²) in [6.07, 6.45) is 1.05. The molecular formula is C19H19FN2O4S. The smallest absolute Gasteiger partial charge is 0.253 e. The molecule has 2 N–H and O–H groups in total. The molecule has 0 spiro atoms. The number of benzene rings is 2. The van der Waals surface area contributed by atoms with Crippen molar-refractivity contribution >= 4 is 21.7 Å². The number of likely N-dealkylation sites (tertiary alicyclic amines) is 1. The highest BCUT2D eigenvalue weighted by atomic mass is 32.2. The fraction of sp³-hybridized carbons (Fsp3) is 0.263. The number of piperidine rings is 1. The van der Waals surface area contributed by atoms with Crippen LogP contribution in [0.15, 0.2) is 53.4 Å². The number of nitrogens with zero attached hydrogens (tertiary/aromatic N) is 1. The number of Topliss-reactive ketones (excluding diaryl/α,β-unsaturated/α-hetero) is 1. The lowest BCUT2D eigenvalue weighted by molar-refractivity contribution is 0.0650. The first kappa shape index (κ1) is 19.2. The first-order valence-corrected chi connectivity index (χ1v) is 10.0. The molecular weight excluding hydrogens is 371 g/mol. The van der Waals surface area contributed by atoms with Crippen LogP contribution in [0.1, 0.15) is 33.6 Å². The van der Waals surface area contributed by atoms with E-state index in [-0.39, 0.29) is 28.3 Å². The zero-order chi connectivity index (χ0) is 19.6. The molecule has 0 aliphatic carbocycles. The maximum Gasteiger partial charge on any atom is 0.253 e. The third-order valence-corrected chi connectivity index (χ3v) is 5.64. The predicted molar refractivity (Wildman–Crippen MR) is 97.2 cm³/mol. The Kier molecular flexibility index (Phi) is 5.38. The number of ketones is 1. The minimum atomic E-state index is -3.80. The summed E-state index contributed by atoms with van der Waals surface area (Å²) in [6.45, 7) is 0.848. The van der Waals surface area contributed by atoms with Crippen LogP contribution in [0.5, 0.6) is 0 Å². The summed E-state index contributed by atoms with van der Waals surface area (Å²) in [5, 5.41) is 5.05. The molecule has 8 heteroatoms. The van der Waals surface area contributed by atoms with E-state index in [1.807, 2.05) is 0 Å². The molecule has 2 aromatic carbocycles. The summed E-state index contributed by atoms with van der Waals surface area (Å²) in [6, 6.07) is 10.9. The molecule has 0 bridgehead atoms. The fourth-order valence-electron chi connectivity index (χ4n) is 3.16. The number of sulfonamides is 1. The van der Waals surface area contributed by atoms with Crippen molar-refractivity contribution in [1.29, 1.82) is 0 Å². The molecule has 1 heterocycles. The Morgan fingerprint density at radius 3 is 1.96 bits per heavy atom. The molecule has 1 fully saturated rings. The molecule has 0 aromatic heterocycles. The lowest BCUT2D eigenvalue weighted by Gasteiger charge is -2.31. The molecule has 3 rings (SSSR count). The third-order valence-electron chi connectivity index (χ3n) is 4.71. The Morgan fingerprint density at radius 2 is 1.44 bits per heavy atom. The molecule has 142 valence electrons. The van der Waals surface area contributed by atoms with Gasteiger partial charge in [0.05, 0.1) is 4.90 Å². The average Bonchev–Trinajstić information content (AvgIpc) is 2.67. The van der Waals surface area contributed by atoms with E-state index in [0.717, 1.165) is 0 Å².